The molecule has 2 aromatic carbocycles. The molecule has 0 radical (unpaired) electrons. The van der Waals surface area contributed by atoms with Crippen LogP contribution in [0.25, 0.3) is 5.69 Å². The molecule has 1 heterocycles. The second-order valence-corrected chi connectivity index (χ2v) is 4.69. The van der Waals surface area contributed by atoms with Gasteiger partial charge in [0, 0.05) is 0 Å². The van der Waals surface area contributed by atoms with E-state index in [4.69, 9.17) is 14.2 Å². The van der Waals surface area contributed by atoms with E-state index in [1.807, 2.05) is 0 Å². The summed E-state index contributed by atoms with van der Waals surface area (Å²) in [5.74, 6) is 1.19. The van der Waals surface area contributed by atoms with Gasteiger partial charge in [0.05, 0.1) is 12.8 Å². The number of aromatic nitrogens is 4. The molecular weight excluding hydrogens is 312 g/mol. The number of hydrogen-bond donors (Lipinski definition) is 0. The average Bonchev–Trinajstić information content (AvgIpc) is 3.16. The van der Waals surface area contributed by atoms with E-state index >= 15 is 0 Å². The highest BCUT2D eigenvalue weighted by Crippen LogP contribution is 2.17. The summed E-state index contributed by atoms with van der Waals surface area (Å²) in [5.41, 5.74) is 0.759. The molecular formula is C16H14N4O4. The van der Waals surface area contributed by atoms with Gasteiger partial charge >= 0.3 is 5.97 Å². The molecule has 0 atom stereocenters. The topological polar surface area (TPSA) is 88.4 Å². The van der Waals surface area contributed by atoms with Crippen molar-refractivity contribution >= 4 is 5.97 Å². The molecule has 8 heteroatoms. The van der Waals surface area contributed by atoms with Crippen LogP contribution >= 0.6 is 0 Å². The second-order valence-electron chi connectivity index (χ2n) is 4.69. The quantitative estimate of drug-likeness (QED) is 0.503. The van der Waals surface area contributed by atoms with Crippen LogP contribution in [-0.2, 0) is 4.79 Å². The maximum atomic E-state index is 11.8. The average molecular weight is 326 g/mol. The SMILES string of the molecule is COc1ccc(OCC(=O)Oc2ccc(-n3cnnn3)cc2)cc1. The van der Waals surface area contributed by atoms with Crippen molar-refractivity contribution in [3.8, 4) is 22.9 Å². The monoisotopic (exact) mass is 326 g/mol. The van der Waals surface area contributed by atoms with E-state index < -0.39 is 5.97 Å². The molecule has 24 heavy (non-hydrogen) atoms. The van der Waals surface area contributed by atoms with Crippen LogP contribution in [0, 0.1) is 0 Å². The summed E-state index contributed by atoms with van der Waals surface area (Å²) < 4.78 is 17.1. The summed E-state index contributed by atoms with van der Waals surface area (Å²) in [4.78, 5) is 11.8. The maximum Gasteiger partial charge on any atom is 0.349 e. The molecule has 0 spiro atoms. The molecule has 0 fully saturated rings. The third kappa shape index (κ3) is 3.86. The summed E-state index contributed by atoms with van der Waals surface area (Å²) in [6.07, 6.45) is 1.48. The van der Waals surface area contributed by atoms with Crippen LogP contribution < -0.4 is 14.2 Å². The van der Waals surface area contributed by atoms with Crippen molar-refractivity contribution in [3.05, 3.63) is 54.9 Å². The predicted octanol–water partition coefficient (Wildman–Crippen LogP) is 1.66. The Morgan fingerprint density at radius 1 is 1.00 bits per heavy atom. The van der Waals surface area contributed by atoms with Gasteiger partial charge in [-0.2, -0.15) is 0 Å². The van der Waals surface area contributed by atoms with Crippen molar-refractivity contribution in [2.75, 3.05) is 13.7 Å². The first kappa shape index (κ1) is 15.5. The zero-order valence-electron chi connectivity index (χ0n) is 12.8. The van der Waals surface area contributed by atoms with Crippen molar-refractivity contribution < 1.29 is 19.0 Å². The summed E-state index contributed by atoms with van der Waals surface area (Å²) in [5, 5.41) is 10.9. The van der Waals surface area contributed by atoms with Crippen LogP contribution in [0.15, 0.2) is 54.9 Å². The number of carbonyl (C=O) groups excluding carboxylic acids is 1. The highest BCUT2D eigenvalue weighted by molar-refractivity contribution is 5.74. The van der Waals surface area contributed by atoms with Crippen molar-refractivity contribution in [1.82, 2.24) is 20.2 Å². The van der Waals surface area contributed by atoms with Crippen molar-refractivity contribution in [2.45, 2.75) is 0 Å². The summed E-state index contributed by atoms with van der Waals surface area (Å²) >= 11 is 0. The van der Waals surface area contributed by atoms with Gasteiger partial charge in [0.25, 0.3) is 0 Å². The lowest BCUT2D eigenvalue weighted by Crippen LogP contribution is -2.17. The first-order chi connectivity index (χ1) is 11.7. The fourth-order valence-corrected chi connectivity index (χ4v) is 1.92. The Morgan fingerprint density at radius 2 is 1.67 bits per heavy atom. The fraction of sp³-hybridized carbons (Fsp3) is 0.125. The number of ether oxygens (including phenoxy) is 3. The van der Waals surface area contributed by atoms with E-state index in [0.29, 0.717) is 17.2 Å². The molecule has 0 aliphatic carbocycles. The van der Waals surface area contributed by atoms with Crippen molar-refractivity contribution in [3.63, 3.8) is 0 Å². The van der Waals surface area contributed by atoms with Gasteiger partial charge < -0.3 is 14.2 Å². The molecule has 3 aromatic rings. The summed E-state index contributed by atoms with van der Waals surface area (Å²) in [7, 11) is 1.58. The third-order valence-electron chi connectivity index (χ3n) is 3.10. The molecule has 1 aromatic heterocycles. The molecule has 0 unspecified atom stereocenters. The molecule has 0 N–H and O–H groups in total. The Morgan fingerprint density at radius 3 is 2.29 bits per heavy atom. The van der Waals surface area contributed by atoms with Gasteiger partial charge in [0.1, 0.15) is 23.6 Å². The number of hydrogen-bond acceptors (Lipinski definition) is 7. The van der Waals surface area contributed by atoms with Gasteiger partial charge in [-0.05, 0) is 59.0 Å². The Hall–Kier alpha value is -3.42. The van der Waals surface area contributed by atoms with Gasteiger partial charge in [-0.3, -0.25) is 0 Å². The molecule has 122 valence electrons. The smallest absolute Gasteiger partial charge is 0.349 e. The minimum atomic E-state index is -0.499. The molecule has 0 bridgehead atoms. The largest absolute Gasteiger partial charge is 0.497 e. The number of nitrogens with zero attached hydrogens (tertiary/aromatic N) is 4. The highest BCUT2D eigenvalue weighted by atomic mass is 16.6. The fourth-order valence-electron chi connectivity index (χ4n) is 1.92. The van der Waals surface area contributed by atoms with Gasteiger partial charge in [-0.15, -0.1) is 5.10 Å². The second kappa shape index (κ2) is 7.23. The zero-order valence-corrected chi connectivity index (χ0v) is 12.8. The molecule has 0 aliphatic rings. The normalized spacial score (nSPS) is 10.2. The summed E-state index contributed by atoms with van der Waals surface area (Å²) in [6, 6.07) is 13.7. The Labute approximate surface area is 137 Å². The lowest BCUT2D eigenvalue weighted by Gasteiger charge is -2.08. The van der Waals surface area contributed by atoms with Crippen molar-refractivity contribution in [2.24, 2.45) is 0 Å². The first-order valence-corrected chi connectivity index (χ1v) is 7.05. The Bertz CT molecular complexity index is 786. The molecule has 3 rings (SSSR count). The van der Waals surface area contributed by atoms with Crippen molar-refractivity contribution in [1.29, 1.82) is 0 Å². The number of rotatable bonds is 6. The van der Waals surface area contributed by atoms with Crippen LogP contribution in [0.2, 0.25) is 0 Å². The third-order valence-corrected chi connectivity index (χ3v) is 3.10. The number of carbonyl (C=O) groups is 1. The number of methoxy groups -OCH3 is 1. The minimum absolute atomic E-state index is 0.193. The van der Waals surface area contributed by atoms with Crippen LogP contribution in [0.3, 0.4) is 0 Å². The van der Waals surface area contributed by atoms with Crippen LogP contribution in [0.1, 0.15) is 0 Å². The Balaban J connectivity index is 1.52. The maximum absolute atomic E-state index is 11.8. The molecule has 8 nitrogen and oxygen atoms in total. The standard InChI is InChI=1S/C16H14N4O4/c1-22-13-6-8-14(9-7-13)23-10-16(21)24-15-4-2-12(3-5-15)20-11-17-18-19-20/h2-9,11H,10H2,1H3. The zero-order chi connectivity index (χ0) is 16.8. The highest BCUT2D eigenvalue weighted by Gasteiger charge is 2.07. The number of esters is 1. The molecule has 0 saturated carbocycles. The molecule has 0 saturated heterocycles. The van der Waals surface area contributed by atoms with Crippen LogP contribution in [0.5, 0.6) is 17.2 Å². The number of benzene rings is 2. The number of tetrazole rings is 1. The molecule has 0 amide bonds. The van der Waals surface area contributed by atoms with E-state index in [1.165, 1.54) is 11.0 Å². The first-order valence-electron chi connectivity index (χ1n) is 7.05. The van der Waals surface area contributed by atoms with Gasteiger partial charge in [-0.25, -0.2) is 9.48 Å². The lowest BCUT2D eigenvalue weighted by molar-refractivity contribution is -0.136. The van der Waals surface area contributed by atoms with Crippen LogP contribution in [0.4, 0.5) is 0 Å². The lowest BCUT2D eigenvalue weighted by atomic mass is 10.3. The minimum Gasteiger partial charge on any atom is -0.497 e. The summed E-state index contributed by atoms with van der Waals surface area (Å²) in [6.45, 7) is -0.193. The van der Waals surface area contributed by atoms with Crippen LogP contribution in [-0.4, -0.2) is 39.9 Å². The Kier molecular flexibility index (Phi) is 4.66. The van der Waals surface area contributed by atoms with Gasteiger partial charge in [-0.1, -0.05) is 0 Å². The van der Waals surface area contributed by atoms with E-state index in [0.717, 1.165) is 5.69 Å². The van der Waals surface area contributed by atoms with Gasteiger partial charge in [0.15, 0.2) is 6.61 Å². The molecule has 0 aliphatic heterocycles. The van der Waals surface area contributed by atoms with E-state index in [9.17, 15) is 4.79 Å². The van der Waals surface area contributed by atoms with Gasteiger partial charge in [0.2, 0.25) is 0 Å². The van der Waals surface area contributed by atoms with E-state index in [-0.39, 0.29) is 6.61 Å². The van der Waals surface area contributed by atoms with E-state index in [1.54, 1.807) is 55.6 Å². The van der Waals surface area contributed by atoms with E-state index in [2.05, 4.69) is 15.5 Å². The predicted molar refractivity (Wildman–Crippen MR) is 83.3 cm³/mol.